The molecule has 1 aliphatic carbocycles. The van der Waals surface area contributed by atoms with Gasteiger partial charge in [0.15, 0.2) is 11.1 Å². The van der Waals surface area contributed by atoms with Gasteiger partial charge in [0.2, 0.25) is 5.91 Å². The molecule has 0 bridgehead atoms. The average Bonchev–Trinajstić information content (AvgIpc) is 3.22. The zero-order valence-corrected chi connectivity index (χ0v) is 16.1. The van der Waals surface area contributed by atoms with Crippen molar-refractivity contribution in [2.75, 3.05) is 44.2 Å². The number of carbonyl (C=O) groups is 1. The summed E-state index contributed by atoms with van der Waals surface area (Å²) in [7, 11) is 0. The lowest BCUT2D eigenvalue weighted by Crippen LogP contribution is -2.51. The molecule has 1 saturated carbocycles. The van der Waals surface area contributed by atoms with E-state index in [1.807, 2.05) is 16.5 Å². The van der Waals surface area contributed by atoms with Gasteiger partial charge in [-0.2, -0.15) is 0 Å². The van der Waals surface area contributed by atoms with Gasteiger partial charge in [-0.25, -0.2) is 9.98 Å². The second-order valence-corrected chi connectivity index (χ2v) is 6.58. The van der Waals surface area contributed by atoms with Crippen LogP contribution in [0, 0.1) is 5.92 Å². The first-order chi connectivity index (χ1) is 10.7. The van der Waals surface area contributed by atoms with Crippen LogP contribution in [0.4, 0.5) is 5.13 Å². The number of hydrogen-bond acceptors (Lipinski definition) is 5. The zero-order valence-electron chi connectivity index (χ0n) is 13.0. The molecular formula is C14H23IN6OS. The van der Waals surface area contributed by atoms with Gasteiger partial charge < -0.3 is 20.9 Å². The number of hydrogen-bond donors (Lipinski definition) is 2. The number of nitrogens with zero attached hydrogens (tertiary/aromatic N) is 4. The number of aliphatic imine (C=N–C) groups is 1. The molecule has 0 unspecified atom stereocenters. The summed E-state index contributed by atoms with van der Waals surface area (Å²) < 4.78 is 0. The van der Waals surface area contributed by atoms with Gasteiger partial charge in [0.1, 0.15) is 6.54 Å². The molecule has 23 heavy (non-hydrogen) atoms. The van der Waals surface area contributed by atoms with Crippen LogP contribution in [0.3, 0.4) is 0 Å². The predicted octanol–water partition coefficient (Wildman–Crippen LogP) is 0.724. The van der Waals surface area contributed by atoms with Gasteiger partial charge in [0.05, 0.1) is 0 Å². The third-order valence-electron chi connectivity index (χ3n) is 3.96. The highest BCUT2D eigenvalue weighted by Crippen LogP contribution is 2.27. The molecule has 1 amide bonds. The van der Waals surface area contributed by atoms with Crippen molar-refractivity contribution in [3.8, 4) is 0 Å². The molecule has 2 heterocycles. The van der Waals surface area contributed by atoms with Gasteiger partial charge in [-0.1, -0.05) is 0 Å². The fourth-order valence-electron chi connectivity index (χ4n) is 2.39. The van der Waals surface area contributed by atoms with Crippen molar-refractivity contribution < 1.29 is 4.79 Å². The van der Waals surface area contributed by atoms with Crippen LogP contribution in [-0.2, 0) is 4.79 Å². The lowest BCUT2D eigenvalue weighted by molar-refractivity contribution is -0.119. The monoisotopic (exact) mass is 450 g/mol. The molecule has 0 radical (unpaired) electrons. The summed E-state index contributed by atoms with van der Waals surface area (Å²) in [6.45, 7) is 4.25. The van der Waals surface area contributed by atoms with Gasteiger partial charge in [0, 0.05) is 44.3 Å². The maximum Gasteiger partial charge on any atom is 0.241 e. The summed E-state index contributed by atoms with van der Waals surface area (Å²) in [5, 5.41) is 5.93. The number of piperazine rings is 1. The minimum Gasteiger partial charge on any atom is -0.370 e. The van der Waals surface area contributed by atoms with Crippen LogP contribution in [0.1, 0.15) is 12.8 Å². The number of amides is 1. The molecular weight excluding hydrogens is 427 g/mol. The highest BCUT2D eigenvalue weighted by atomic mass is 127. The van der Waals surface area contributed by atoms with Crippen LogP contribution in [-0.4, -0.2) is 61.0 Å². The molecule has 1 aliphatic heterocycles. The van der Waals surface area contributed by atoms with Crippen molar-refractivity contribution in [1.29, 1.82) is 0 Å². The number of halogens is 1. The second kappa shape index (κ2) is 8.67. The van der Waals surface area contributed by atoms with Crippen LogP contribution >= 0.6 is 35.3 Å². The maximum absolute atomic E-state index is 11.7. The largest absolute Gasteiger partial charge is 0.370 e. The SMILES string of the molecule is I.NC(=NCC(=O)NCC1CC1)N1CCN(c2nccs2)CC1. The van der Waals surface area contributed by atoms with E-state index in [-0.39, 0.29) is 36.4 Å². The number of aromatic nitrogens is 1. The summed E-state index contributed by atoms with van der Waals surface area (Å²) in [5.74, 6) is 1.10. The Bertz CT molecular complexity index is 525. The summed E-state index contributed by atoms with van der Waals surface area (Å²) >= 11 is 1.65. The van der Waals surface area contributed by atoms with Crippen molar-refractivity contribution in [3.63, 3.8) is 0 Å². The van der Waals surface area contributed by atoms with Crippen LogP contribution in [0.15, 0.2) is 16.6 Å². The molecule has 3 rings (SSSR count). The fraction of sp³-hybridized carbons (Fsp3) is 0.643. The molecule has 0 aromatic carbocycles. The maximum atomic E-state index is 11.7. The topological polar surface area (TPSA) is 86.8 Å². The normalized spacial score (nSPS) is 18.5. The van der Waals surface area contributed by atoms with Gasteiger partial charge in [0.25, 0.3) is 0 Å². The molecule has 128 valence electrons. The quantitative estimate of drug-likeness (QED) is 0.393. The Labute approximate surface area is 157 Å². The smallest absolute Gasteiger partial charge is 0.241 e. The number of carbonyl (C=O) groups excluding carboxylic acids is 1. The van der Waals surface area contributed by atoms with Gasteiger partial charge in [-0.05, 0) is 18.8 Å². The first-order valence-corrected chi connectivity index (χ1v) is 8.56. The first kappa shape index (κ1) is 18.2. The summed E-state index contributed by atoms with van der Waals surface area (Å²) in [6.07, 6.45) is 4.28. The van der Waals surface area contributed by atoms with E-state index >= 15 is 0 Å². The number of guanidine groups is 1. The average molecular weight is 450 g/mol. The molecule has 2 fully saturated rings. The molecule has 1 saturated heterocycles. The summed E-state index contributed by atoms with van der Waals surface area (Å²) in [4.78, 5) is 24.5. The molecule has 3 N–H and O–H groups in total. The van der Waals surface area contributed by atoms with E-state index in [1.54, 1.807) is 11.3 Å². The van der Waals surface area contributed by atoms with Gasteiger partial charge >= 0.3 is 0 Å². The summed E-state index contributed by atoms with van der Waals surface area (Å²) in [5.41, 5.74) is 5.99. The van der Waals surface area contributed by atoms with Crippen LogP contribution in [0.25, 0.3) is 0 Å². The Morgan fingerprint density at radius 1 is 1.39 bits per heavy atom. The molecule has 1 aromatic heterocycles. The number of anilines is 1. The minimum absolute atomic E-state index is 0. The molecule has 1 aromatic rings. The first-order valence-electron chi connectivity index (χ1n) is 7.68. The third-order valence-corrected chi connectivity index (χ3v) is 4.80. The van der Waals surface area contributed by atoms with Crippen molar-refractivity contribution in [2.45, 2.75) is 12.8 Å². The van der Waals surface area contributed by atoms with E-state index in [0.29, 0.717) is 11.9 Å². The number of nitrogens with two attached hydrogens (primary N) is 1. The van der Waals surface area contributed by atoms with Crippen LogP contribution in [0.2, 0.25) is 0 Å². The molecule has 2 aliphatic rings. The second-order valence-electron chi connectivity index (χ2n) is 5.71. The molecule has 7 nitrogen and oxygen atoms in total. The van der Waals surface area contributed by atoms with Crippen molar-refractivity contribution in [3.05, 3.63) is 11.6 Å². The number of nitrogens with one attached hydrogen (secondary N) is 1. The summed E-state index contributed by atoms with van der Waals surface area (Å²) in [6, 6.07) is 0. The Morgan fingerprint density at radius 2 is 2.13 bits per heavy atom. The lowest BCUT2D eigenvalue weighted by atomic mass is 10.3. The van der Waals surface area contributed by atoms with Gasteiger partial charge in [-0.15, -0.1) is 35.3 Å². The van der Waals surface area contributed by atoms with Gasteiger partial charge in [-0.3, -0.25) is 4.79 Å². The van der Waals surface area contributed by atoms with Crippen molar-refractivity contribution in [1.82, 2.24) is 15.2 Å². The van der Waals surface area contributed by atoms with E-state index in [4.69, 9.17) is 5.73 Å². The molecule has 9 heteroatoms. The van der Waals surface area contributed by atoms with Crippen molar-refractivity contribution >= 4 is 52.3 Å². The Balaban J connectivity index is 0.00000192. The minimum atomic E-state index is -0.0451. The fourth-order valence-corrected chi connectivity index (χ4v) is 3.08. The highest BCUT2D eigenvalue weighted by Gasteiger charge is 2.22. The van der Waals surface area contributed by atoms with Crippen LogP contribution < -0.4 is 16.0 Å². The predicted molar refractivity (Wildman–Crippen MR) is 104 cm³/mol. The Kier molecular flexibility index (Phi) is 6.88. The van der Waals surface area contributed by atoms with Crippen LogP contribution in [0.5, 0.6) is 0 Å². The number of thiazole rings is 1. The van der Waals surface area contributed by atoms with E-state index in [2.05, 4.69) is 20.2 Å². The highest BCUT2D eigenvalue weighted by molar-refractivity contribution is 14.0. The number of rotatable bonds is 5. The van der Waals surface area contributed by atoms with E-state index < -0.39 is 0 Å². The molecule has 0 atom stereocenters. The van der Waals surface area contributed by atoms with E-state index in [0.717, 1.165) is 37.9 Å². The Hall–Kier alpha value is -1.10. The van der Waals surface area contributed by atoms with E-state index in [1.165, 1.54) is 12.8 Å². The Morgan fingerprint density at radius 3 is 2.74 bits per heavy atom. The molecule has 0 spiro atoms. The standard InChI is InChI=1S/C14H22N6OS.HI/c15-13(18-10-12(21)17-9-11-1-2-11)19-4-6-20(7-5-19)14-16-3-8-22-14;/h3,8,11H,1-2,4-7,9-10H2,(H2,15,18)(H,17,21);1H. The zero-order chi connectivity index (χ0) is 15.4. The third kappa shape index (κ3) is 5.48. The lowest BCUT2D eigenvalue weighted by Gasteiger charge is -2.35. The van der Waals surface area contributed by atoms with E-state index in [9.17, 15) is 4.79 Å². The van der Waals surface area contributed by atoms with Crippen molar-refractivity contribution in [2.24, 2.45) is 16.6 Å².